The average molecular weight is 203 g/mol. The van der Waals surface area contributed by atoms with Gasteiger partial charge in [-0.05, 0) is 12.0 Å². The van der Waals surface area contributed by atoms with Crippen LogP contribution in [0.4, 0.5) is 0 Å². The summed E-state index contributed by atoms with van der Waals surface area (Å²) in [5.41, 5.74) is 1.14. The van der Waals surface area contributed by atoms with Crippen LogP contribution in [-0.4, -0.2) is 23.3 Å². The Labute approximate surface area is 88.7 Å². The van der Waals surface area contributed by atoms with E-state index in [0.717, 1.165) is 5.56 Å². The highest BCUT2D eigenvalue weighted by Crippen LogP contribution is 2.12. The summed E-state index contributed by atoms with van der Waals surface area (Å²) in [5.74, 6) is -0.0804. The molecule has 0 N–H and O–H groups in total. The van der Waals surface area contributed by atoms with Crippen LogP contribution in [-0.2, 0) is 16.0 Å². The van der Waals surface area contributed by atoms with Gasteiger partial charge in [0.1, 0.15) is 0 Å². The minimum Gasteiger partial charge on any atom is -0.282 e. The molecule has 1 aromatic carbocycles. The number of likely N-dealkylation sites (tertiary alicyclic amines) is 1. The highest BCUT2D eigenvalue weighted by Gasteiger charge is 2.28. The first-order valence-corrected chi connectivity index (χ1v) is 5.14. The van der Waals surface area contributed by atoms with Crippen molar-refractivity contribution in [3.05, 3.63) is 35.9 Å². The Balaban J connectivity index is 1.83. The number of amides is 2. The number of benzene rings is 1. The van der Waals surface area contributed by atoms with E-state index in [1.165, 1.54) is 4.90 Å². The molecule has 0 aliphatic carbocycles. The van der Waals surface area contributed by atoms with Crippen molar-refractivity contribution < 1.29 is 9.59 Å². The molecule has 1 fully saturated rings. The van der Waals surface area contributed by atoms with Crippen LogP contribution in [0.5, 0.6) is 0 Å². The molecular formula is C12H13NO2. The number of carbonyl (C=O) groups excluding carboxylic acids is 2. The number of hydrogen-bond donors (Lipinski definition) is 0. The Morgan fingerprint density at radius 2 is 2.00 bits per heavy atom. The zero-order chi connectivity index (χ0) is 10.7. The van der Waals surface area contributed by atoms with Gasteiger partial charge in [0, 0.05) is 19.4 Å². The maximum absolute atomic E-state index is 11.5. The number of imide groups is 1. The van der Waals surface area contributed by atoms with Gasteiger partial charge < -0.3 is 0 Å². The molecule has 1 aromatic rings. The summed E-state index contributed by atoms with van der Waals surface area (Å²) in [6.45, 7) is 0.604. The fourth-order valence-corrected chi connectivity index (χ4v) is 1.61. The normalized spacial score (nSPS) is 14.9. The predicted octanol–water partition coefficient (Wildman–Crippen LogP) is 1.38. The van der Waals surface area contributed by atoms with Gasteiger partial charge in [0.05, 0.1) is 0 Å². The molecule has 3 nitrogen and oxygen atoms in total. The Kier molecular flexibility index (Phi) is 2.81. The summed E-state index contributed by atoms with van der Waals surface area (Å²) in [5, 5.41) is 0. The van der Waals surface area contributed by atoms with E-state index in [-0.39, 0.29) is 11.8 Å². The zero-order valence-electron chi connectivity index (χ0n) is 8.48. The lowest BCUT2D eigenvalue weighted by atomic mass is 10.1. The molecule has 1 aliphatic rings. The molecule has 0 bridgehead atoms. The highest BCUT2D eigenvalue weighted by molar-refractivity contribution is 5.99. The molecule has 2 rings (SSSR count). The van der Waals surface area contributed by atoms with Crippen molar-refractivity contribution in [1.82, 2.24) is 4.90 Å². The third-order valence-electron chi connectivity index (χ3n) is 2.62. The fourth-order valence-electron chi connectivity index (χ4n) is 1.61. The lowest BCUT2D eigenvalue weighted by molar-refractivity contribution is -0.152. The van der Waals surface area contributed by atoms with E-state index in [0.29, 0.717) is 25.8 Å². The molecule has 2 amide bonds. The third-order valence-corrected chi connectivity index (χ3v) is 2.62. The SMILES string of the molecule is O=C(CCc1ccccc1)N1CCC1=O. The number of nitrogens with zero attached hydrogens (tertiary/aromatic N) is 1. The standard InChI is InChI=1S/C12H13NO2/c14-11(13-9-8-12(13)15)7-6-10-4-2-1-3-5-10/h1-5H,6-9H2. The van der Waals surface area contributed by atoms with Crippen molar-refractivity contribution in [1.29, 1.82) is 0 Å². The highest BCUT2D eigenvalue weighted by atomic mass is 16.2. The van der Waals surface area contributed by atoms with Crippen molar-refractivity contribution in [2.75, 3.05) is 6.54 Å². The van der Waals surface area contributed by atoms with Gasteiger partial charge in [0.25, 0.3) is 0 Å². The molecule has 0 atom stereocenters. The summed E-state index contributed by atoms with van der Waals surface area (Å²) < 4.78 is 0. The van der Waals surface area contributed by atoms with Gasteiger partial charge in [-0.15, -0.1) is 0 Å². The van der Waals surface area contributed by atoms with E-state index in [2.05, 4.69) is 0 Å². The Bertz CT molecular complexity index is 372. The lowest BCUT2D eigenvalue weighted by Gasteiger charge is -2.28. The van der Waals surface area contributed by atoms with Crippen molar-refractivity contribution in [3.63, 3.8) is 0 Å². The molecule has 3 heteroatoms. The maximum Gasteiger partial charge on any atom is 0.230 e. The maximum atomic E-state index is 11.5. The van der Waals surface area contributed by atoms with E-state index in [1.807, 2.05) is 30.3 Å². The number of rotatable bonds is 3. The quantitative estimate of drug-likeness (QED) is 0.696. The first-order valence-electron chi connectivity index (χ1n) is 5.14. The molecule has 0 radical (unpaired) electrons. The average Bonchev–Trinajstić information content (AvgIpc) is 2.26. The van der Waals surface area contributed by atoms with Gasteiger partial charge in [0.2, 0.25) is 11.8 Å². The van der Waals surface area contributed by atoms with Crippen molar-refractivity contribution >= 4 is 11.8 Å². The predicted molar refractivity (Wildman–Crippen MR) is 56.1 cm³/mol. The Hall–Kier alpha value is -1.64. The molecule has 0 aromatic heterocycles. The summed E-state index contributed by atoms with van der Waals surface area (Å²) in [6.07, 6.45) is 1.66. The largest absolute Gasteiger partial charge is 0.282 e. The summed E-state index contributed by atoms with van der Waals surface area (Å²) in [4.78, 5) is 23.8. The summed E-state index contributed by atoms with van der Waals surface area (Å²) >= 11 is 0. The second-order valence-electron chi connectivity index (χ2n) is 3.67. The Morgan fingerprint density at radius 1 is 1.27 bits per heavy atom. The van der Waals surface area contributed by atoms with Gasteiger partial charge in [-0.25, -0.2) is 0 Å². The first kappa shape index (κ1) is 9.90. The van der Waals surface area contributed by atoms with E-state index >= 15 is 0 Å². The molecule has 15 heavy (non-hydrogen) atoms. The zero-order valence-corrected chi connectivity index (χ0v) is 8.48. The molecule has 0 unspecified atom stereocenters. The monoisotopic (exact) mass is 203 g/mol. The minimum atomic E-state index is -0.0462. The van der Waals surface area contributed by atoms with Crippen LogP contribution in [0.1, 0.15) is 18.4 Å². The molecule has 1 aliphatic heterocycles. The van der Waals surface area contributed by atoms with Crippen molar-refractivity contribution in [2.24, 2.45) is 0 Å². The van der Waals surface area contributed by atoms with Gasteiger partial charge >= 0.3 is 0 Å². The van der Waals surface area contributed by atoms with Crippen LogP contribution in [0.15, 0.2) is 30.3 Å². The van der Waals surface area contributed by atoms with Crippen LogP contribution < -0.4 is 0 Å². The minimum absolute atomic E-state index is 0.0342. The van der Waals surface area contributed by atoms with Crippen LogP contribution in [0.3, 0.4) is 0 Å². The third kappa shape index (κ3) is 2.24. The second-order valence-corrected chi connectivity index (χ2v) is 3.67. The Morgan fingerprint density at radius 3 is 2.53 bits per heavy atom. The van der Waals surface area contributed by atoms with Crippen LogP contribution in [0.2, 0.25) is 0 Å². The number of β-lactam (4-membered cyclic amide) rings is 1. The van der Waals surface area contributed by atoms with Gasteiger partial charge in [-0.2, -0.15) is 0 Å². The molecule has 0 saturated carbocycles. The van der Waals surface area contributed by atoms with E-state index in [9.17, 15) is 9.59 Å². The summed E-state index contributed by atoms with van der Waals surface area (Å²) in [7, 11) is 0. The molecule has 1 saturated heterocycles. The van der Waals surface area contributed by atoms with E-state index in [1.54, 1.807) is 0 Å². The number of hydrogen-bond acceptors (Lipinski definition) is 2. The lowest BCUT2D eigenvalue weighted by Crippen LogP contribution is -2.47. The van der Waals surface area contributed by atoms with E-state index < -0.39 is 0 Å². The topological polar surface area (TPSA) is 37.4 Å². The van der Waals surface area contributed by atoms with Crippen LogP contribution >= 0.6 is 0 Å². The number of carbonyl (C=O) groups is 2. The first-order chi connectivity index (χ1) is 7.27. The van der Waals surface area contributed by atoms with Gasteiger partial charge in [-0.1, -0.05) is 30.3 Å². The fraction of sp³-hybridized carbons (Fsp3) is 0.333. The van der Waals surface area contributed by atoms with Gasteiger partial charge in [-0.3, -0.25) is 14.5 Å². The van der Waals surface area contributed by atoms with Crippen molar-refractivity contribution in [3.8, 4) is 0 Å². The second kappa shape index (κ2) is 4.26. The molecule has 0 spiro atoms. The van der Waals surface area contributed by atoms with Crippen LogP contribution in [0.25, 0.3) is 0 Å². The van der Waals surface area contributed by atoms with Crippen LogP contribution in [0, 0.1) is 0 Å². The summed E-state index contributed by atoms with van der Waals surface area (Å²) in [6, 6.07) is 9.84. The molecule has 78 valence electrons. The molecular weight excluding hydrogens is 190 g/mol. The van der Waals surface area contributed by atoms with Gasteiger partial charge in [0.15, 0.2) is 0 Å². The number of aryl methyl sites for hydroxylation is 1. The molecule has 1 heterocycles. The van der Waals surface area contributed by atoms with E-state index in [4.69, 9.17) is 0 Å². The van der Waals surface area contributed by atoms with Crippen molar-refractivity contribution in [2.45, 2.75) is 19.3 Å². The smallest absolute Gasteiger partial charge is 0.230 e.